The summed E-state index contributed by atoms with van der Waals surface area (Å²) in [6.45, 7) is 7.11. The van der Waals surface area contributed by atoms with Crippen molar-refractivity contribution in [2.75, 3.05) is 5.75 Å². The zero-order valence-electron chi connectivity index (χ0n) is 10.4. The standard InChI is InChI=1S/C13H25NS/c1-4-11-9-15-13(14-11)8-6-5-7-12(13)10(2)3/h10-12,14H,4-9H2,1-3H3. The summed E-state index contributed by atoms with van der Waals surface area (Å²) in [5.74, 6) is 3.06. The Morgan fingerprint density at radius 1 is 1.40 bits per heavy atom. The minimum Gasteiger partial charge on any atom is -0.299 e. The summed E-state index contributed by atoms with van der Waals surface area (Å²) in [5, 5.41) is 3.95. The molecule has 88 valence electrons. The van der Waals surface area contributed by atoms with Crippen LogP contribution in [0.3, 0.4) is 0 Å². The Hall–Kier alpha value is 0.310. The van der Waals surface area contributed by atoms with Gasteiger partial charge in [0.1, 0.15) is 0 Å². The van der Waals surface area contributed by atoms with E-state index in [2.05, 4.69) is 37.8 Å². The molecule has 2 aliphatic rings. The van der Waals surface area contributed by atoms with Gasteiger partial charge < -0.3 is 0 Å². The lowest BCUT2D eigenvalue weighted by atomic mass is 9.77. The molecule has 0 bridgehead atoms. The highest BCUT2D eigenvalue weighted by Crippen LogP contribution is 2.49. The third kappa shape index (κ3) is 2.21. The number of nitrogens with one attached hydrogen (secondary N) is 1. The van der Waals surface area contributed by atoms with Crippen LogP contribution in [0.1, 0.15) is 52.9 Å². The number of thioether (sulfide) groups is 1. The van der Waals surface area contributed by atoms with Crippen LogP contribution in [0.25, 0.3) is 0 Å². The molecule has 1 saturated heterocycles. The van der Waals surface area contributed by atoms with Gasteiger partial charge in [0.05, 0.1) is 4.87 Å². The Labute approximate surface area is 98.8 Å². The first-order valence-electron chi connectivity index (χ1n) is 6.59. The average Bonchev–Trinajstić information content (AvgIpc) is 2.62. The molecule has 0 aromatic carbocycles. The van der Waals surface area contributed by atoms with E-state index in [1.54, 1.807) is 0 Å². The molecule has 2 heteroatoms. The van der Waals surface area contributed by atoms with Crippen molar-refractivity contribution in [3.63, 3.8) is 0 Å². The lowest BCUT2D eigenvalue weighted by Gasteiger charge is -2.43. The highest BCUT2D eigenvalue weighted by Gasteiger charge is 2.46. The Kier molecular flexibility index (Phi) is 3.67. The van der Waals surface area contributed by atoms with E-state index in [1.165, 1.54) is 37.9 Å². The van der Waals surface area contributed by atoms with E-state index >= 15 is 0 Å². The predicted molar refractivity (Wildman–Crippen MR) is 69.2 cm³/mol. The SMILES string of the molecule is CCC1CSC2(CCCCC2C(C)C)N1. The van der Waals surface area contributed by atoms with Crippen LogP contribution < -0.4 is 5.32 Å². The molecule has 2 rings (SSSR count). The fraction of sp³-hybridized carbons (Fsp3) is 1.00. The second kappa shape index (κ2) is 4.67. The molecule has 0 amide bonds. The van der Waals surface area contributed by atoms with E-state index in [1.807, 2.05) is 0 Å². The summed E-state index contributed by atoms with van der Waals surface area (Å²) >= 11 is 2.22. The third-order valence-corrected chi connectivity index (χ3v) is 5.91. The van der Waals surface area contributed by atoms with Crippen LogP contribution in [0.15, 0.2) is 0 Å². The number of hydrogen-bond donors (Lipinski definition) is 1. The van der Waals surface area contributed by atoms with Gasteiger partial charge in [-0.3, -0.25) is 5.32 Å². The van der Waals surface area contributed by atoms with E-state index in [9.17, 15) is 0 Å². The van der Waals surface area contributed by atoms with Gasteiger partial charge in [0, 0.05) is 11.8 Å². The minimum atomic E-state index is 0.451. The van der Waals surface area contributed by atoms with Crippen LogP contribution in [0.4, 0.5) is 0 Å². The van der Waals surface area contributed by atoms with Crippen molar-refractivity contribution in [1.82, 2.24) is 5.32 Å². The Morgan fingerprint density at radius 3 is 2.80 bits per heavy atom. The van der Waals surface area contributed by atoms with Gasteiger partial charge in [0.15, 0.2) is 0 Å². The predicted octanol–water partition coefficient (Wildman–Crippen LogP) is 3.64. The normalized spacial score (nSPS) is 41.6. The maximum absolute atomic E-state index is 3.95. The van der Waals surface area contributed by atoms with Gasteiger partial charge in [-0.2, -0.15) is 0 Å². The second-order valence-corrected chi connectivity index (χ2v) is 6.90. The number of hydrogen-bond acceptors (Lipinski definition) is 2. The molecule has 1 spiro atoms. The van der Waals surface area contributed by atoms with Crippen LogP contribution in [-0.2, 0) is 0 Å². The lowest BCUT2D eigenvalue weighted by Crippen LogP contribution is -2.50. The Balaban J connectivity index is 2.10. The van der Waals surface area contributed by atoms with Crippen LogP contribution >= 0.6 is 11.8 Å². The molecule has 15 heavy (non-hydrogen) atoms. The van der Waals surface area contributed by atoms with E-state index in [4.69, 9.17) is 0 Å². The molecule has 1 aliphatic heterocycles. The summed E-state index contributed by atoms with van der Waals surface area (Å²) in [6.07, 6.45) is 7.01. The summed E-state index contributed by atoms with van der Waals surface area (Å²) in [5.41, 5.74) is 0. The molecule has 1 nitrogen and oxygen atoms in total. The van der Waals surface area contributed by atoms with E-state index in [-0.39, 0.29) is 0 Å². The lowest BCUT2D eigenvalue weighted by molar-refractivity contribution is 0.177. The van der Waals surface area contributed by atoms with Crippen molar-refractivity contribution >= 4 is 11.8 Å². The van der Waals surface area contributed by atoms with Gasteiger partial charge in [0.2, 0.25) is 0 Å². The van der Waals surface area contributed by atoms with Crippen molar-refractivity contribution in [1.29, 1.82) is 0 Å². The Bertz CT molecular complexity index is 217. The monoisotopic (exact) mass is 227 g/mol. The first-order chi connectivity index (χ1) is 7.18. The van der Waals surface area contributed by atoms with Crippen LogP contribution in [0.5, 0.6) is 0 Å². The molecular formula is C13H25NS. The maximum Gasteiger partial charge on any atom is 0.0679 e. The van der Waals surface area contributed by atoms with Crippen molar-refractivity contribution in [3.8, 4) is 0 Å². The zero-order valence-corrected chi connectivity index (χ0v) is 11.2. The molecule has 1 aliphatic carbocycles. The van der Waals surface area contributed by atoms with E-state index < -0.39 is 0 Å². The molecule has 3 unspecified atom stereocenters. The molecule has 1 saturated carbocycles. The molecule has 0 aromatic heterocycles. The average molecular weight is 227 g/mol. The second-order valence-electron chi connectivity index (χ2n) is 5.55. The van der Waals surface area contributed by atoms with Gasteiger partial charge in [0.25, 0.3) is 0 Å². The van der Waals surface area contributed by atoms with Crippen LogP contribution in [-0.4, -0.2) is 16.7 Å². The maximum atomic E-state index is 3.95. The van der Waals surface area contributed by atoms with Gasteiger partial charge in [-0.25, -0.2) is 0 Å². The van der Waals surface area contributed by atoms with Gasteiger partial charge in [-0.15, -0.1) is 11.8 Å². The fourth-order valence-corrected chi connectivity index (χ4v) is 5.26. The quantitative estimate of drug-likeness (QED) is 0.773. The highest BCUT2D eigenvalue weighted by molar-refractivity contribution is 8.00. The highest BCUT2D eigenvalue weighted by atomic mass is 32.2. The smallest absolute Gasteiger partial charge is 0.0679 e. The first kappa shape index (κ1) is 11.8. The third-order valence-electron chi connectivity index (χ3n) is 4.20. The van der Waals surface area contributed by atoms with E-state index in [0.717, 1.165) is 17.9 Å². The minimum absolute atomic E-state index is 0.451. The summed E-state index contributed by atoms with van der Waals surface area (Å²) < 4.78 is 0. The van der Waals surface area contributed by atoms with Crippen molar-refractivity contribution < 1.29 is 0 Å². The molecule has 1 heterocycles. The fourth-order valence-electron chi connectivity index (χ4n) is 3.30. The molecule has 0 radical (unpaired) electrons. The molecule has 2 fully saturated rings. The summed E-state index contributed by atoms with van der Waals surface area (Å²) in [6, 6.07) is 0.773. The van der Waals surface area contributed by atoms with Crippen molar-refractivity contribution in [2.24, 2.45) is 11.8 Å². The van der Waals surface area contributed by atoms with Gasteiger partial charge in [-0.1, -0.05) is 33.6 Å². The topological polar surface area (TPSA) is 12.0 Å². The molecular weight excluding hydrogens is 202 g/mol. The molecule has 0 aromatic rings. The van der Waals surface area contributed by atoms with Crippen LogP contribution in [0.2, 0.25) is 0 Å². The molecule has 1 N–H and O–H groups in total. The van der Waals surface area contributed by atoms with Crippen molar-refractivity contribution in [2.45, 2.75) is 63.8 Å². The van der Waals surface area contributed by atoms with Gasteiger partial charge in [-0.05, 0) is 31.1 Å². The van der Waals surface area contributed by atoms with Crippen LogP contribution in [0, 0.1) is 11.8 Å². The van der Waals surface area contributed by atoms with Gasteiger partial charge >= 0.3 is 0 Å². The van der Waals surface area contributed by atoms with Crippen molar-refractivity contribution in [3.05, 3.63) is 0 Å². The zero-order chi connectivity index (χ0) is 10.9. The first-order valence-corrected chi connectivity index (χ1v) is 7.58. The molecule has 3 atom stereocenters. The Morgan fingerprint density at radius 2 is 2.20 bits per heavy atom. The summed E-state index contributed by atoms with van der Waals surface area (Å²) in [4.78, 5) is 0.451. The van der Waals surface area contributed by atoms with E-state index in [0.29, 0.717) is 4.87 Å². The summed E-state index contributed by atoms with van der Waals surface area (Å²) in [7, 11) is 0. The largest absolute Gasteiger partial charge is 0.299 e. The number of rotatable bonds is 2.